The lowest BCUT2D eigenvalue weighted by atomic mass is 9.70. The summed E-state index contributed by atoms with van der Waals surface area (Å²) < 4.78 is 0. The van der Waals surface area contributed by atoms with Crippen molar-refractivity contribution in [1.82, 2.24) is 0 Å². The summed E-state index contributed by atoms with van der Waals surface area (Å²) in [7, 11) is 0. The lowest BCUT2D eigenvalue weighted by Gasteiger charge is -2.34. The average Bonchev–Trinajstić information content (AvgIpc) is 2.80. The van der Waals surface area contributed by atoms with Crippen LogP contribution in [0.4, 0.5) is 0 Å². The van der Waals surface area contributed by atoms with Gasteiger partial charge in [0.2, 0.25) is 0 Å². The summed E-state index contributed by atoms with van der Waals surface area (Å²) in [6.45, 7) is 0. The van der Waals surface area contributed by atoms with Crippen LogP contribution in [0.1, 0.15) is 25.7 Å². The maximum Gasteiger partial charge on any atom is 0.144 e. The van der Waals surface area contributed by atoms with Gasteiger partial charge >= 0.3 is 0 Å². The molecule has 0 spiro atoms. The molecule has 0 N–H and O–H groups in total. The third-order valence-electron chi connectivity index (χ3n) is 4.71. The van der Waals surface area contributed by atoms with Gasteiger partial charge in [0.15, 0.2) is 0 Å². The van der Waals surface area contributed by atoms with Gasteiger partial charge in [0.25, 0.3) is 0 Å². The first-order chi connectivity index (χ1) is 8.84. The van der Waals surface area contributed by atoms with E-state index < -0.39 is 0 Å². The average molecular weight is 236 g/mol. The van der Waals surface area contributed by atoms with Crippen molar-refractivity contribution in [3.8, 4) is 0 Å². The molecule has 0 bridgehead atoms. The molecule has 0 aromatic heterocycles. The van der Waals surface area contributed by atoms with Gasteiger partial charge in [0, 0.05) is 18.3 Å². The second kappa shape index (κ2) is 3.68. The smallest absolute Gasteiger partial charge is 0.144 e. The largest absolute Gasteiger partial charge is 0.299 e. The zero-order valence-corrected chi connectivity index (χ0v) is 10.4. The van der Waals surface area contributed by atoms with Crippen molar-refractivity contribution < 1.29 is 4.79 Å². The van der Waals surface area contributed by atoms with Gasteiger partial charge in [-0.2, -0.15) is 0 Å². The zero-order chi connectivity index (χ0) is 12.1. The Morgan fingerprint density at radius 3 is 3.00 bits per heavy atom. The summed E-state index contributed by atoms with van der Waals surface area (Å²) in [6, 6.07) is 0. The Morgan fingerprint density at radius 1 is 1.11 bits per heavy atom. The first-order valence-corrected chi connectivity index (χ1v) is 6.84. The number of carbonyl (C=O) groups is 1. The van der Waals surface area contributed by atoms with Gasteiger partial charge in [0.1, 0.15) is 5.78 Å². The Balaban J connectivity index is 1.79. The van der Waals surface area contributed by atoms with E-state index in [1.54, 1.807) is 5.57 Å². The SMILES string of the molecule is O=C1CC=C2C3=C(CC[C@H]12)[C@H]1C=CC=CC1=CC3. The highest BCUT2D eigenvalue weighted by atomic mass is 16.1. The number of allylic oxidation sites excluding steroid dienone is 10. The minimum Gasteiger partial charge on any atom is -0.299 e. The number of rotatable bonds is 0. The van der Waals surface area contributed by atoms with Gasteiger partial charge in [-0.3, -0.25) is 4.79 Å². The molecular weight excluding hydrogens is 220 g/mol. The van der Waals surface area contributed by atoms with Crippen LogP contribution in [0.15, 0.2) is 58.7 Å². The lowest BCUT2D eigenvalue weighted by molar-refractivity contribution is -0.120. The maximum atomic E-state index is 11.9. The highest BCUT2D eigenvalue weighted by Gasteiger charge is 2.37. The molecule has 0 amide bonds. The van der Waals surface area contributed by atoms with Crippen LogP contribution in [-0.4, -0.2) is 5.78 Å². The second-order valence-corrected chi connectivity index (χ2v) is 5.55. The van der Waals surface area contributed by atoms with E-state index >= 15 is 0 Å². The number of hydrogen-bond donors (Lipinski definition) is 0. The van der Waals surface area contributed by atoms with E-state index in [0.717, 1.165) is 19.3 Å². The van der Waals surface area contributed by atoms with E-state index in [4.69, 9.17) is 0 Å². The van der Waals surface area contributed by atoms with Gasteiger partial charge in [-0.1, -0.05) is 42.0 Å². The highest BCUT2D eigenvalue weighted by molar-refractivity contribution is 5.90. The molecule has 0 aromatic rings. The maximum absolute atomic E-state index is 11.9. The Hall–Kier alpha value is -1.63. The van der Waals surface area contributed by atoms with Crippen LogP contribution >= 0.6 is 0 Å². The van der Waals surface area contributed by atoms with E-state index in [2.05, 4.69) is 36.5 Å². The van der Waals surface area contributed by atoms with Gasteiger partial charge in [0.05, 0.1) is 0 Å². The van der Waals surface area contributed by atoms with Crippen LogP contribution < -0.4 is 0 Å². The first kappa shape index (κ1) is 10.3. The predicted octanol–water partition coefficient (Wildman–Crippen LogP) is 3.66. The molecule has 90 valence electrons. The molecule has 18 heavy (non-hydrogen) atoms. The molecule has 0 unspecified atom stereocenters. The van der Waals surface area contributed by atoms with Gasteiger partial charge in [-0.25, -0.2) is 0 Å². The van der Waals surface area contributed by atoms with Crippen molar-refractivity contribution >= 4 is 5.78 Å². The summed E-state index contributed by atoms with van der Waals surface area (Å²) in [5, 5.41) is 0. The van der Waals surface area contributed by atoms with Gasteiger partial charge < -0.3 is 0 Å². The molecule has 4 aliphatic carbocycles. The molecule has 0 saturated carbocycles. The monoisotopic (exact) mass is 236 g/mol. The second-order valence-electron chi connectivity index (χ2n) is 5.55. The predicted molar refractivity (Wildman–Crippen MR) is 71.9 cm³/mol. The van der Waals surface area contributed by atoms with E-state index in [0.29, 0.717) is 18.1 Å². The fourth-order valence-corrected chi connectivity index (χ4v) is 3.84. The molecule has 1 heteroatoms. The number of ketones is 1. The topological polar surface area (TPSA) is 17.1 Å². The molecule has 0 radical (unpaired) electrons. The normalized spacial score (nSPS) is 32.8. The fraction of sp³-hybridized carbons (Fsp3) is 0.353. The van der Waals surface area contributed by atoms with Crippen molar-refractivity contribution in [2.45, 2.75) is 25.7 Å². The molecule has 2 atom stereocenters. The van der Waals surface area contributed by atoms with Crippen LogP contribution in [0.3, 0.4) is 0 Å². The lowest BCUT2D eigenvalue weighted by Crippen LogP contribution is -2.23. The van der Waals surface area contributed by atoms with E-state index in [-0.39, 0.29) is 5.92 Å². The van der Waals surface area contributed by atoms with Gasteiger partial charge in [-0.05, 0) is 36.0 Å². The third kappa shape index (κ3) is 1.30. The molecule has 0 saturated heterocycles. The van der Waals surface area contributed by atoms with Crippen LogP contribution in [0.5, 0.6) is 0 Å². The standard InChI is InChI=1S/C17H16O/c18-17-10-9-15-14-6-5-11-3-1-2-4-12(11)13(14)7-8-16(15)17/h1-5,9,12,16H,6-8,10H2/t12-,16-/m0/s1. The molecule has 0 fully saturated rings. The van der Waals surface area contributed by atoms with E-state index in [9.17, 15) is 4.79 Å². The Kier molecular flexibility index (Phi) is 2.11. The summed E-state index contributed by atoms with van der Waals surface area (Å²) in [6.07, 6.45) is 17.2. The summed E-state index contributed by atoms with van der Waals surface area (Å²) in [5.41, 5.74) is 5.86. The molecule has 0 aliphatic heterocycles. The van der Waals surface area contributed by atoms with Crippen LogP contribution in [0.25, 0.3) is 0 Å². The minimum atomic E-state index is 0.224. The van der Waals surface area contributed by atoms with Crippen molar-refractivity contribution in [1.29, 1.82) is 0 Å². The van der Waals surface area contributed by atoms with Crippen molar-refractivity contribution in [2.75, 3.05) is 0 Å². The number of carbonyl (C=O) groups excluding carboxylic acids is 1. The number of hydrogen-bond acceptors (Lipinski definition) is 1. The van der Waals surface area contributed by atoms with Crippen LogP contribution in [0.2, 0.25) is 0 Å². The number of Topliss-reactive ketones (excluding diaryl/α,β-unsaturated/α-hetero) is 1. The van der Waals surface area contributed by atoms with Crippen molar-refractivity contribution in [3.63, 3.8) is 0 Å². The van der Waals surface area contributed by atoms with Gasteiger partial charge in [-0.15, -0.1) is 0 Å². The molecule has 0 heterocycles. The third-order valence-corrected chi connectivity index (χ3v) is 4.71. The highest BCUT2D eigenvalue weighted by Crippen LogP contribution is 2.47. The summed E-state index contributed by atoms with van der Waals surface area (Å²) in [4.78, 5) is 11.9. The first-order valence-electron chi connectivity index (χ1n) is 6.84. The van der Waals surface area contributed by atoms with Crippen molar-refractivity contribution in [3.05, 3.63) is 58.7 Å². The molecule has 4 aliphatic rings. The molecule has 1 nitrogen and oxygen atoms in total. The number of fused-ring (bicyclic) bond motifs is 4. The molecular formula is C17H16O. The fourth-order valence-electron chi connectivity index (χ4n) is 3.84. The van der Waals surface area contributed by atoms with E-state index in [1.165, 1.54) is 16.7 Å². The van der Waals surface area contributed by atoms with Crippen molar-refractivity contribution in [2.24, 2.45) is 11.8 Å². The summed E-state index contributed by atoms with van der Waals surface area (Å²) in [5.74, 6) is 1.14. The minimum absolute atomic E-state index is 0.224. The molecule has 0 aromatic carbocycles. The Morgan fingerprint density at radius 2 is 2.06 bits per heavy atom. The van der Waals surface area contributed by atoms with E-state index in [1.807, 2.05) is 0 Å². The Labute approximate surface area is 107 Å². The zero-order valence-electron chi connectivity index (χ0n) is 10.4. The summed E-state index contributed by atoms with van der Waals surface area (Å²) >= 11 is 0. The molecule has 4 rings (SSSR count). The van der Waals surface area contributed by atoms with Crippen LogP contribution in [0, 0.1) is 11.8 Å². The van der Waals surface area contributed by atoms with Crippen LogP contribution in [-0.2, 0) is 4.79 Å². The Bertz CT molecular complexity index is 581. The quantitative estimate of drug-likeness (QED) is 0.627.